The molecular formula is C22H28N4O3S2. The van der Waals surface area contributed by atoms with E-state index >= 15 is 0 Å². The highest BCUT2D eigenvalue weighted by Crippen LogP contribution is 2.23. The predicted octanol–water partition coefficient (Wildman–Crippen LogP) is 3.90. The predicted molar refractivity (Wildman–Crippen MR) is 126 cm³/mol. The zero-order valence-electron chi connectivity index (χ0n) is 18.3. The van der Waals surface area contributed by atoms with E-state index in [0.717, 1.165) is 21.9 Å². The molecule has 7 nitrogen and oxygen atoms in total. The number of imidazole rings is 1. The molecule has 0 aliphatic carbocycles. The van der Waals surface area contributed by atoms with Gasteiger partial charge in [-0.25, -0.2) is 13.4 Å². The molecule has 3 rings (SSSR count). The average Bonchev–Trinajstić information content (AvgIpc) is 3.08. The van der Waals surface area contributed by atoms with E-state index in [-0.39, 0.29) is 17.2 Å². The van der Waals surface area contributed by atoms with Crippen LogP contribution < -0.4 is 5.32 Å². The van der Waals surface area contributed by atoms with Gasteiger partial charge in [0.15, 0.2) is 0 Å². The molecule has 0 atom stereocenters. The van der Waals surface area contributed by atoms with Gasteiger partial charge in [0.2, 0.25) is 15.9 Å². The Hall–Kier alpha value is -2.36. The molecule has 0 unspecified atom stereocenters. The van der Waals surface area contributed by atoms with Crippen LogP contribution in [0.2, 0.25) is 0 Å². The summed E-state index contributed by atoms with van der Waals surface area (Å²) in [6.45, 7) is 4.47. The second-order valence-corrected chi connectivity index (χ2v) is 9.92. The SMILES string of the molecule is CCN(CC)S(=O)(=O)c1ccc2c(c1)nc(CCC(=O)Nc1cccc(SC)c1)n2C. The van der Waals surface area contributed by atoms with Crippen molar-refractivity contribution in [1.82, 2.24) is 13.9 Å². The second-order valence-electron chi connectivity index (χ2n) is 7.11. The minimum Gasteiger partial charge on any atom is -0.331 e. The van der Waals surface area contributed by atoms with Crippen LogP contribution in [0.4, 0.5) is 5.69 Å². The van der Waals surface area contributed by atoms with E-state index in [1.807, 2.05) is 56.0 Å². The molecule has 9 heteroatoms. The van der Waals surface area contributed by atoms with Gasteiger partial charge in [-0.15, -0.1) is 11.8 Å². The molecule has 0 aliphatic heterocycles. The topological polar surface area (TPSA) is 84.3 Å². The lowest BCUT2D eigenvalue weighted by atomic mass is 10.2. The maximum absolute atomic E-state index is 12.8. The van der Waals surface area contributed by atoms with Crippen molar-refractivity contribution in [1.29, 1.82) is 0 Å². The first kappa shape index (κ1) is 23.3. The molecule has 0 radical (unpaired) electrons. The third-order valence-corrected chi connectivity index (χ3v) is 7.99. The van der Waals surface area contributed by atoms with Crippen LogP contribution in [0.3, 0.4) is 0 Å². The number of amides is 1. The van der Waals surface area contributed by atoms with E-state index in [9.17, 15) is 13.2 Å². The number of nitrogens with zero attached hydrogens (tertiary/aromatic N) is 3. The summed E-state index contributed by atoms with van der Waals surface area (Å²) in [5, 5.41) is 2.92. The molecule has 0 saturated carbocycles. The molecule has 0 spiro atoms. The van der Waals surface area contributed by atoms with Crippen LogP contribution >= 0.6 is 11.8 Å². The number of rotatable bonds is 9. The Balaban J connectivity index is 1.75. The zero-order chi connectivity index (χ0) is 22.6. The smallest absolute Gasteiger partial charge is 0.243 e. The van der Waals surface area contributed by atoms with E-state index in [2.05, 4.69) is 10.3 Å². The van der Waals surface area contributed by atoms with E-state index in [1.54, 1.807) is 30.0 Å². The van der Waals surface area contributed by atoms with Crippen molar-refractivity contribution >= 4 is 44.4 Å². The largest absolute Gasteiger partial charge is 0.331 e. The van der Waals surface area contributed by atoms with Crippen LogP contribution in [-0.4, -0.2) is 47.5 Å². The first-order valence-corrected chi connectivity index (χ1v) is 12.9. The summed E-state index contributed by atoms with van der Waals surface area (Å²) in [5.41, 5.74) is 2.22. The number of carbonyl (C=O) groups excluding carboxylic acids is 1. The summed E-state index contributed by atoms with van der Waals surface area (Å²) in [6.07, 6.45) is 2.73. The summed E-state index contributed by atoms with van der Waals surface area (Å²) >= 11 is 1.62. The second kappa shape index (κ2) is 9.84. The Labute approximate surface area is 187 Å². The zero-order valence-corrected chi connectivity index (χ0v) is 19.9. The minimum absolute atomic E-state index is 0.0879. The average molecular weight is 461 g/mol. The number of aryl methyl sites for hydroxylation is 2. The maximum Gasteiger partial charge on any atom is 0.243 e. The number of fused-ring (bicyclic) bond motifs is 1. The first-order chi connectivity index (χ1) is 14.8. The summed E-state index contributed by atoms with van der Waals surface area (Å²) in [7, 11) is -1.67. The van der Waals surface area contributed by atoms with Crippen molar-refractivity contribution in [3.05, 3.63) is 48.3 Å². The lowest BCUT2D eigenvalue weighted by molar-refractivity contribution is -0.116. The Morgan fingerprint density at radius 2 is 1.90 bits per heavy atom. The monoisotopic (exact) mass is 460 g/mol. The molecule has 0 bridgehead atoms. The number of nitrogens with one attached hydrogen (secondary N) is 1. The molecule has 1 amide bonds. The molecule has 2 aromatic carbocycles. The van der Waals surface area contributed by atoms with Gasteiger partial charge < -0.3 is 9.88 Å². The number of thioether (sulfide) groups is 1. The molecular weight excluding hydrogens is 432 g/mol. The van der Waals surface area contributed by atoms with Crippen LogP contribution in [0.15, 0.2) is 52.3 Å². The van der Waals surface area contributed by atoms with E-state index in [4.69, 9.17) is 0 Å². The highest BCUT2D eigenvalue weighted by molar-refractivity contribution is 7.98. The quantitative estimate of drug-likeness (QED) is 0.490. The van der Waals surface area contributed by atoms with Crippen molar-refractivity contribution in [2.75, 3.05) is 24.7 Å². The Bertz CT molecular complexity index is 1180. The Kier molecular flexibility index (Phi) is 7.40. The number of hydrogen-bond donors (Lipinski definition) is 1. The fourth-order valence-corrected chi connectivity index (χ4v) is 5.41. The summed E-state index contributed by atoms with van der Waals surface area (Å²) in [4.78, 5) is 18.3. The van der Waals surface area contributed by atoms with Gasteiger partial charge in [-0.3, -0.25) is 4.79 Å². The molecule has 1 aromatic heterocycles. The molecule has 0 aliphatic rings. The number of carbonyl (C=O) groups is 1. The Morgan fingerprint density at radius 1 is 1.16 bits per heavy atom. The molecule has 0 saturated heterocycles. The van der Waals surface area contributed by atoms with Gasteiger partial charge in [-0.2, -0.15) is 4.31 Å². The maximum atomic E-state index is 12.8. The van der Waals surface area contributed by atoms with Crippen LogP contribution in [0, 0.1) is 0 Å². The minimum atomic E-state index is -3.54. The van der Waals surface area contributed by atoms with Crippen LogP contribution in [0.5, 0.6) is 0 Å². The van der Waals surface area contributed by atoms with Crippen molar-refractivity contribution in [2.45, 2.75) is 36.5 Å². The molecule has 0 fully saturated rings. The van der Waals surface area contributed by atoms with Gasteiger partial charge in [0.1, 0.15) is 5.82 Å². The standard InChI is InChI=1S/C22H28N4O3S2/c1-5-26(6-2)31(28,29)18-10-11-20-19(15-18)24-21(25(20)3)12-13-22(27)23-16-8-7-9-17(14-16)30-4/h7-11,14-15H,5-6,12-13H2,1-4H3,(H,23,27). The lowest BCUT2D eigenvalue weighted by Gasteiger charge is -2.18. The molecule has 1 N–H and O–H groups in total. The highest BCUT2D eigenvalue weighted by atomic mass is 32.2. The molecule has 3 aromatic rings. The van der Waals surface area contributed by atoms with Crippen LogP contribution in [-0.2, 0) is 28.3 Å². The number of anilines is 1. The number of aromatic nitrogens is 2. The van der Waals surface area contributed by atoms with E-state index in [1.165, 1.54) is 4.31 Å². The molecule has 166 valence electrons. The van der Waals surface area contributed by atoms with Crippen LogP contribution in [0.25, 0.3) is 11.0 Å². The van der Waals surface area contributed by atoms with E-state index < -0.39 is 10.0 Å². The number of sulfonamides is 1. The van der Waals surface area contributed by atoms with Crippen molar-refractivity contribution in [3.63, 3.8) is 0 Å². The third kappa shape index (κ3) is 5.11. The number of hydrogen-bond acceptors (Lipinski definition) is 5. The van der Waals surface area contributed by atoms with Gasteiger partial charge >= 0.3 is 0 Å². The van der Waals surface area contributed by atoms with Gasteiger partial charge in [-0.1, -0.05) is 19.9 Å². The first-order valence-electron chi connectivity index (χ1n) is 10.2. The summed E-state index contributed by atoms with van der Waals surface area (Å²) in [5.74, 6) is 0.649. The van der Waals surface area contributed by atoms with Gasteiger partial charge in [0.05, 0.1) is 15.9 Å². The highest BCUT2D eigenvalue weighted by Gasteiger charge is 2.22. The summed E-state index contributed by atoms with van der Waals surface area (Å²) < 4.78 is 28.9. The van der Waals surface area contributed by atoms with E-state index in [0.29, 0.717) is 25.0 Å². The number of benzene rings is 2. The summed E-state index contributed by atoms with van der Waals surface area (Å²) in [6, 6.07) is 12.7. The molecule has 1 heterocycles. The van der Waals surface area contributed by atoms with Gasteiger partial charge in [0.25, 0.3) is 0 Å². The lowest BCUT2D eigenvalue weighted by Crippen LogP contribution is -2.30. The van der Waals surface area contributed by atoms with Crippen LogP contribution in [0.1, 0.15) is 26.1 Å². The molecule has 31 heavy (non-hydrogen) atoms. The fraction of sp³-hybridized carbons (Fsp3) is 0.364. The Morgan fingerprint density at radius 3 is 2.58 bits per heavy atom. The van der Waals surface area contributed by atoms with Crippen molar-refractivity contribution in [2.24, 2.45) is 7.05 Å². The third-order valence-electron chi connectivity index (χ3n) is 5.22. The fourth-order valence-electron chi connectivity index (χ4n) is 3.48. The van der Waals surface area contributed by atoms with Gasteiger partial charge in [0, 0.05) is 43.6 Å². The van der Waals surface area contributed by atoms with Gasteiger partial charge in [-0.05, 0) is 42.7 Å². The van der Waals surface area contributed by atoms with Crippen molar-refractivity contribution < 1.29 is 13.2 Å². The van der Waals surface area contributed by atoms with Crippen molar-refractivity contribution in [3.8, 4) is 0 Å². The normalized spacial score (nSPS) is 11.9.